The van der Waals surface area contributed by atoms with E-state index in [1.807, 2.05) is 24.3 Å². The van der Waals surface area contributed by atoms with E-state index in [4.69, 9.17) is 16.3 Å². The number of aromatic amines is 1. The summed E-state index contributed by atoms with van der Waals surface area (Å²) in [5.74, 6) is -0.851. The third kappa shape index (κ3) is 3.94. The number of benzene rings is 2. The summed E-state index contributed by atoms with van der Waals surface area (Å²) in [6, 6.07) is 14.4. The minimum Gasteiger partial charge on any atom is -0.455 e. The molecule has 122 valence electrons. The molecular formula is C18H15ClN2O3. The number of H-pyrrole nitrogens is 1. The van der Waals surface area contributed by atoms with Crippen molar-refractivity contribution >= 4 is 40.1 Å². The Bertz CT molecular complexity index is 871. The monoisotopic (exact) mass is 342 g/mol. The van der Waals surface area contributed by atoms with Crippen LogP contribution in [0.4, 0.5) is 5.69 Å². The van der Waals surface area contributed by atoms with Gasteiger partial charge in [0.2, 0.25) is 0 Å². The Kier molecular flexibility index (Phi) is 4.82. The van der Waals surface area contributed by atoms with Crippen molar-refractivity contribution in [1.82, 2.24) is 4.98 Å². The van der Waals surface area contributed by atoms with E-state index < -0.39 is 11.9 Å². The number of para-hydroxylation sites is 1. The molecular weight excluding hydrogens is 328 g/mol. The molecule has 1 amide bonds. The molecule has 0 saturated heterocycles. The first-order valence-corrected chi connectivity index (χ1v) is 7.75. The number of carbonyl (C=O) groups is 2. The number of ether oxygens (including phenoxy) is 1. The first-order valence-electron chi connectivity index (χ1n) is 7.38. The van der Waals surface area contributed by atoms with Crippen LogP contribution in [0.15, 0.2) is 54.7 Å². The van der Waals surface area contributed by atoms with Gasteiger partial charge in [0.1, 0.15) is 0 Å². The maximum absolute atomic E-state index is 11.9. The zero-order valence-electron chi connectivity index (χ0n) is 12.7. The van der Waals surface area contributed by atoms with E-state index in [9.17, 15) is 9.59 Å². The van der Waals surface area contributed by atoms with Crippen molar-refractivity contribution in [3.8, 4) is 0 Å². The minimum atomic E-state index is -0.453. The van der Waals surface area contributed by atoms with Crippen molar-refractivity contribution < 1.29 is 14.3 Å². The van der Waals surface area contributed by atoms with E-state index in [0.717, 1.165) is 16.5 Å². The van der Waals surface area contributed by atoms with Crippen LogP contribution < -0.4 is 5.32 Å². The molecule has 0 atom stereocenters. The van der Waals surface area contributed by atoms with Crippen molar-refractivity contribution in [2.45, 2.75) is 6.42 Å². The summed E-state index contributed by atoms with van der Waals surface area (Å²) in [6.07, 6.45) is 1.89. The van der Waals surface area contributed by atoms with E-state index in [-0.39, 0.29) is 13.0 Å². The van der Waals surface area contributed by atoms with E-state index in [0.29, 0.717) is 10.7 Å². The molecule has 0 unspecified atom stereocenters. The lowest BCUT2D eigenvalue weighted by molar-refractivity contribution is -0.146. The number of fused-ring (bicyclic) bond motifs is 1. The van der Waals surface area contributed by atoms with Crippen LogP contribution in [-0.2, 0) is 20.7 Å². The van der Waals surface area contributed by atoms with Gasteiger partial charge in [-0.1, -0.05) is 29.8 Å². The highest BCUT2D eigenvalue weighted by Crippen LogP contribution is 2.18. The smallest absolute Gasteiger partial charge is 0.310 e. The van der Waals surface area contributed by atoms with Crippen molar-refractivity contribution in [3.63, 3.8) is 0 Å². The molecule has 0 radical (unpaired) electrons. The molecule has 1 aromatic heterocycles. The largest absolute Gasteiger partial charge is 0.455 e. The van der Waals surface area contributed by atoms with E-state index in [1.165, 1.54) is 0 Å². The Morgan fingerprint density at radius 1 is 1.08 bits per heavy atom. The molecule has 1 heterocycles. The van der Waals surface area contributed by atoms with Gasteiger partial charge in [-0.15, -0.1) is 0 Å². The number of hydrogen-bond donors (Lipinski definition) is 2. The van der Waals surface area contributed by atoms with Gasteiger partial charge >= 0.3 is 5.97 Å². The number of aromatic nitrogens is 1. The van der Waals surface area contributed by atoms with E-state index >= 15 is 0 Å². The molecule has 3 aromatic rings. The molecule has 0 saturated carbocycles. The van der Waals surface area contributed by atoms with Gasteiger partial charge in [0, 0.05) is 27.8 Å². The molecule has 24 heavy (non-hydrogen) atoms. The Hall–Kier alpha value is -2.79. The van der Waals surface area contributed by atoms with Gasteiger partial charge in [0.05, 0.1) is 6.42 Å². The summed E-state index contributed by atoms with van der Waals surface area (Å²) in [6.45, 7) is -0.330. The summed E-state index contributed by atoms with van der Waals surface area (Å²) in [5.41, 5.74) is 2.39. The number of halogens is 1. The lowest BCUT2D eigenvalue weighted by atomic mass is 10.1. The second kappa shape index (κ2) is 7.19. The number of rotatable bonds is 5. The number of anilines is 1. The Morgan fingerprint density at radius 2 is 1.83 bits per heavy atom. The van der Waals surface area contributed by atoms with Crippen LogP contribution in [0.3, 0.4) is 0 Å². The highest BCUT2D eigenvalue weighted by Gasteiger charge is 2.11. The Balaban J connectivity index is 1.52. The van der Waals surface area contributed by atoms with Crippen LogP contribution in [0.5, 0.6) is 0 Å². The fraction of sp³-hybridized carbons (Fsp3) is 0.111. The Labute approximate surface area is 143 Å². The molecule has 0 aliphatic carbocycles. The lowest BCUT2D eigenvalue weighted by Gasteiger charge is -2.06. The molecule has 6 heteroatoms. The summed E-state index contributed by atoms with van der Waals surface area (Å²) < 4.78 is 5.03. The molecule has 0 aliphatic rings. The number of nitrogens with one attached hydrogen (secondary N) is 2. The summed E-state index contributed by atoms with van der Waals surface area (Å²) >= 11 is 5.78. The lowest BCUT2D eigenvalue weighted by Crippen LogP contribution is -2.21. The molecule has 2 aromatic carbocycles. The Morgan fingerprint density at radius 3 is 2.62 bits per heavy atom. The fourth-order valence-corrected chi connectivity index (χ4v) is 2.49. The van der Waals surface area contributed by atoms with Gasteiger partial charge in [-0.2, -0.15) is 0 Å². The maximum Gasteiger partial charge on any atom is 0.310 e. The van der Waals surface area contributed by atoms with Gasteiger partial charge in [-0.05, 0) is 35.9 Å². The predicted octanol–water partition coefficient (Wildman–Crippen LogP) is 3.55. The molecule has 0 spiro atoms. The van der Waals surface area contributed by atoms with Crippen molar-refractivity contribution in [3.05, 3.63) is 65.3 Å². The summed E-state index contributed by atoms with van der Waals surface area (Å²) in [4.78, 5) is 26.8. The minimum absolute atomic E-state index is 0.109. The summed E-state index contributed by atoms with van der Waals surface area (Å²) in [5, 5.41) is 4.19. The second-order valence-electron chi connectivity index (χ2n) is 5.25. The first-order chi connectivity index (χ1) is 11.6. The van der Waals surface area contributed by atoms with Gasteiger partial charge in [0.15, 0.2) is 6.61 Å². The number of carbonyl (C=O) groups excluding carboxylic acids is 2. The van der Waals surface area contributed by atoms with Crippen molar-refractivity contribution in [2.75, 3.05) is 11.9 Å². The second-order valence-corrected chi connectivity index (χ2v) is 5.69. The molecule has 5 nitrogen and oxygen atoms in total. The van der Waals surface area contributed by atoms with Crippen LogP contribution in [0.25, 0.3) is 10.9 Å². The number of hydrogen-bond acceptors (Lipinski definition) is 3. The fourth-order valence-electron chi connectivity index (χ4n) is 2.36. The van der Waals surface area contributed by atoms with Crippen LogP contribution in [0, 0.1) is 0 Å². The zero-order chi connectivity index (χ0) is 16.9. The number of esters is 1. The predicted molar refractivity (Wildman–Crippen MR) is 93.0 cm³/mol. The molecule has 0 bridgehead atoms. The van der Waals surface area contributed by atoms with E-state index in [2.05, 4.69) is 10.3 Å². The molecule has 2 N–H and O–H groups in total. The van der Waals surface area contributed by atoms with Gasteiger partial charge in [0.25, 0.3) is 5.91 Å². The summed E-state index contributed by atoms with van der Waals surface area (Å²) in [7, 11) is 0. The van der Waals surface area contributed by atoms with Gasteiger partial charge in [-0.3, -0.25) is 9.59 Å². The third-order valence-electron chi connectivity index (χ3n) is 3.50. The normalized spacial score (nSPS) is 10.5. The SMILES string of the molecule is O=C(COC(=O)Cc1c[nH]c2ccccc12)Nc1ccc(Cl)cc1. The average Bonchev–Trinajstić information content (AvgIpc) is 2.98. The van der Waals surface area contributed by atoms with Gasteiger partial charge < -0.3 is 15.0 Å². The quantitative estimate of drug-likeness (QED) is 0.697. The first kappa shape index (κ1) is 16.1. The van der Waals surface area contributed by atoms with Crippen LogP contribution >= 0.6 is 11.6 Å². The highest BCUT2D eigenvalue weighted by atomic mass is 35.5. The van der Waals surface area contributed by atoms with Crippen molar-refractivity contribution in [2.24, 2.45) is 0 Å². The topological polar surface area (TPSA) is 71.2 Å². The van der Waals surface area contributed by atoms with Crippen LogP contribution in [-0.4, -0.2) is 23.5 Å². The molecule has 3 rings (SSSR count). The maximum atomic E-state index is 11.9. The zero-order valence-corrected chi connectivity index (χ0v) is 13.5. The van der Waals surface area contributed by atoms with Gasteiger partial charge in [-0.25, -0.2) is 0 Å². The molecule has 0 aliphatic heterocycles. The van der Waals surface area contributed by atoms with Crippen molar-refractivity contribution in [1.29, 1.82) is 0 Å². The number of amides is 1. The highest BCUT2D eigenvalue weighted by molar-refractivity contribution is 6.30. The van der Waals surface area contributed by atoms with Crippen LogP contribution in [0.1, 0.15) is 5.56 Å². The standard InChI is InChI=1S/C18H15ClN2O3/c19-13-5-7-14(8-6-13)21-17(22)11-24-18(23)9-12-10-20-16-4-2-1-3-15(12)16/h1-8,10,20H,9,11H2,(H,21,22). The van der Waals surface area contributed by atoms with Crippen LogP contribution in [0.2, 0.25) is 5.02 Å². The third-order valence-corrected chi connectivity index (χ3v) is 3.75. The average molecular weight is 343 g/mol. The molecule has 0 fully saturated rings. The van der Waals surface area contributed by atoms with E-state index in [1.54, 1.807) is 30.5 Å².